The number of hydrogen-bond acceptors (Lipinski definition) is 2. The molecule has 6 heteroatoms. The molecule has 0 radical (unpaired) electrons. The summed E-state index contributed by atoms with van der Waals surface area (Å²) in [6.45, 7) is 4.34. The van der Waals surface area contributed by atoms with Crippen LogP contribution in [0.1, 0.15) is 24.8 Å². The zero-order chi connectivity index (χ0) is 18.4. The van der Waals surface area contributed by atoms with Gasteiger partial charge in [-0.15, -0.1) is 12.4 Å². The van der Waals surface area contributed by atoms with Crippen LogP contribution in [0.4, 0.5) is 10.1 Å². The third kappa shape index (κ3) is 7.15. The topological polar surface area (TPSA) is 15.3 Å². The summed E-state index contributed by atoms with van der Waals surface area (Å²) in [4.78, 5) is 2.54. The van der Waals surface area contributed by atoms with Crippen molar-refractivity contribution in [1.82, 2.24) is 4.90 Å². The number of likely N-dealkylation sites (tertiary alicyclic amines) is 1. The van der Waals surface area contributed by atoms with Crippen molar-refractivity contribution in [1.29, 1.82) is 0 Å². The van der Waals surface area contributed by atoms with Gasteiger partial charge in [0, 0.05) is 12.2 Å². The van der Waals surface area contributed by atoms with Gasteiger partial charge < -0.3 is 10.2 Å². The SMILES string of the molecule is Cl.Fc1ccc(CC2CCN(CCCNc3ccc(Cl)c(Cl)c3)CC2)cc1. The Hall–Kier alpha value is -1.00. The van der Waals surface area contributed by atoms with E-state index in [0.29, 0.717) is 16.0 Å². The second-order valence-electron chi connectivity index (χ2n) is 7.02. The van der Waals surface area contributed by atoms with E-state index in [1.165, 1.54) is 18.4 Å². The van der Waals surface area contributed by atoms with Crippen molar-refractivity contribution in [3.05, 3.63) is 63.9 Å². The molecule has 0 unspecified atom stereocenters. The summed E-state index contributed by atoms with van der Waals surface area (Å²) in [5.41, 5.74) is 2.26. The molecule has 0 amide bonds. The molecule has 0 spiro atoms. The second-order valence-corrected chi connectivity index (χ2v) is 7.84. The quantitative estimate of drug-likeness (QED) is 0.517. The minimum Gasteiger partial charge on any atom is -0.385 e. The van der Waals surface area contributed by atoms with Gasteiger partial charge >= 0.3 is 0 Å². The van der Waals surface area contributed by atoms with E-state index in [1.807, 2.05) is 30.3 Å². The lowest BCUT2D eigenvalue weighted by molar-refractivity contribution is 0.183. The zero-order valence-electron chi connectivity index (χ0n) is 15.3. The van der Waals surface area contributed by atoms with Gasteiger partial charge in [0.1, 0.15) is 5.82 Å². The molecule has 2 nitrogen and oxygen atoms in total. The van der Waals surface area contributed by atoms with Crippen LogP contribution in [0.25, 0.3) is 0 Å². The van der Waals surface area contributed by atoms with Crippen molar-refractivity contribution in [3.8, 4) is 0 Å². The smallest absolute Gasteiger partial charge is 0.123 e. The Morgan fingerprint density at radius 3 is 2.37 bits per heavy atom. The van der Waals surface area contributed by atoms with E-state index in [1.54, 1.807) is 12.1 Å². The normalized spacial score (nSPS) is 15.4. The van der Waals surface area contributed by atoms with Crippen molar-refractivity contribution in [2.75, 3.05) is 31.5 Å². The van der Waals surface area contributed by atoms with E-state index in [0.717, 1.165) is 44.7 Å². The molecule has 1 aliphatic heterocycles. The lowest BCUT2D eigenvalue weighted by Crippen LogP contribution is -2.35. The number of nitrogens with zero attached hydrogens (tertiary/aromatic N) is 1. The first-order chi connectivity index (χ1) is 12.6. The number of benzene rings is 2. The first kappa shape index (κ1) is 22.3. The number of hydrogen-bond donors (Lipinski definition) is 1. The summed E-state index contributed by atoms with van der Waals surface area (Å²) < 4.78 is 13.0. The Morgan fingerprint density at radius 2 is 1.70 bits per heavy atom. The Bertz CT molecular complexity index is 701. The molecular weight excluding hydrogens is 406 g/mol. The average Bonchev–Trinajstić information content (AvgIpc) is 2.65. The Kier molecular flexibility index (Phi) is 9.17. The van der Waals surface area contributed by atoms with Crippen LogP contribution in [0.3, 0.4) is 0 Å². The third-order valence-electron chi connectivity index (χ3n) is 5.04. The van der Waals surface area contributed by atoms with Gasteiger partial charge in [0.2, 0.25) is 0 Å². The van der Waals surface area contributed by atoms with E-state index in [4.69, 9.17) is 23.2 Å². The van der Waals surface area contributed by atoms with Gasteiger partial charge in [0.05, 0.1) is 10.0 Å². The number of piperidine rings is 1. The molecule has 0 atom stereocenters. The maximum Gasteiger partial charge on any atom is 0.123 e. The van der Waals surface area contributed by atoms with Crippen LogP contribution >= 0.6 is 35.6 Å². The molecule has 1 fully saturated rings. The summed E-state index contributed by atoms with van der Waals surface area (Å²) >= 11 is 12.0. The molecule has 0 bridgehead atoms. The first-order valence-electron chi connectivity index (χ1n) is 9.26. The van der Waals surface area contributed by atoms with Crippen molar-refractivity contribution >= 4 is 41.3 Å². The van der Waals surface area contributed by atoms with Gasteiger partial charge in [-0.2, -0.15) is 0 Å². The average molecular weight is 432 g/mol. The third-order valence-corrected chi connectivity index (χ3v) is 5.78. The van der Waals surface area contributed by atoms with Gasteiger partial charge in [-0.05, 0) is 87.1 Å². The van der Waals surface area contributed by atoms with Crippen LogP contribution < -0.4 is 5.32 Å². The van der Waals surface area contributed by atoms with Crippen molar-refractivity contribution in [2.24, 2.45) is 5.92 Å². The fraction of sp³-hybridized carbons (Fsp3) is 0.429. The summed E-state index contributed by atoms with van der Waals surface area (Å²) in [6.07, 6.45) is 4.60. The molecule has 0 aliphatic carbocycles. The summed E-state index contributed by atoms with van der Waals surface area (Å²) in [5.74, 6) is 0.559. The number of nitrogens with one attached hydrogen (secondary N) is 1. The first-order valence-corrected chi connectivity index (χ1v) is 10.0. The van der Waals surface area contributed by atoms with Gasteiger partial charge in [0.15, 0.2) is 0 Å². The molecule has 1 aliphatic rings. The number of halogens is 4. The highest BCUT2D eigenvalue weighted by atomic mass is 35.5. The Labute approximate surface area is 177 Å². The van der Waals surface area contributed by atoms with E-state index in [-0.39, 0.29) is 18.2 Å². The number of anilines is 1. The van der Waals surface area contributed by atoms with Crippen molar-refractivity contribution in [3.63, 3.8) is 0 Å². The predicted molar refractivity (Wildman–Crippen MR) is 116 cm³/mol. The molecular formula is C21H26Cl3FN2. The van der Waals surface area contributed by atoms with Crippen LogP contribution in [-0.4, -0.2) is 31.1 Å². The summed E-state index contributed by atoms with van der Waals surface area (Å²) in [6, 6.07) is 12.6. The molecule has 2 aromatic carbocycles. The fourth-order valence-corrected chi connectivity index (χ4v) is 3.81. The maximum absolute atomic E-state index is 13.0. The molecule has 3 rings (SSSR count). The second kappa shape index (κ2) is 11.1. The maximum atomic E-state index is 13.0. The molecule has 1 heterocycles. The molecule has 1 saturated heterocycles. The predicted octanol–water partition coefficient (Wildman–Crippen LogP) is 6.31. The molecule has 2 aromatic rings. The van der Waals surface area contributed by atoms with Crippen LogP contribution in [0.5, 0.6) is 0 Å². The molecule has 148 valence electrons. The highest BCUT2D eigenvalue weighted by Gasteiger charge is 2.19. The highest BCUT2D eigenvalue weighted by molar-refractivity contribution is 6.42. The van der Waals surface area contributed by atoms with Crippen LogP contribution in [0.2, 0.25) is 10.0 Å². The monoisotopic (exact) mass is 430 g/mol. The Morgan fingerprint density at radius 1 is 1.00 bits per heavy atom. The van der Waals surface area contributed by atoms with Gasteiger partial charge in [-0.3, -0.25) is 0 Å². The van der Waals surface area contributed by atoms with Gasteiger partial charge in [-0.1, -0.05) is 35.3 Å². The number of rotatable bonds is 7. The highest BCUT2D eigenvalue weighted by Crippen LogP contribution is 2.25. The van der Waals surface area contributed by atoms with E-state index < -0.39 is 0 Å². The lowest BCUT2D eigenvalue weighted by atomic mass is 9.90. The zero-order valence-corrected chi connectivity index (χ0v) is 17.6. The summed E-state index contributed by atoms with van der Waals surface area (Å²) in [7, 11) is 0. The van der Waals surface area contributed by atoms with E-state index in [9.17, 15) is 4.39 Å². The Balaban J connectivity index is 0.00000261. The van der Waals surface area contributed by atoms with E-state index in [2.05, 4.69) is 10.2 Å². The van der Waals surface area contributed by atoms with Crippen LogP contribution in [0, 0.1) is 11.7 Å². The van der Waals surface area contributed by atoms with Gasteiger partial charge in [0.25, 0.3) is 0 Å². The standard InChI is InChI=1S/C21H25Cl2FN2.ClH/c22-20-7-6-19(15-21(20)23)25-10-1-11-26-12-8-17(9-13-26)14-16-2-4-18(24)5-3-16;/h2-7,15,17,25H,1,8-14H2;1H. The van der Waals surface area contributed by atoms with Gasteiger partial charge in [-0.25, -0.2) is 4.39 Å². The minimum atomic E-state index is -0.155. The molecule has 0 aromatic heterocycles. The molecule has 1 N–H and O–H groups in total. The van der Waals surface area contributed by atoms with Crippen LogP contribution in [-0.2, 0) is 6.42 Å². The van der Waals surface area contributed by atoms with Crippen molar-refractivity contribution in [2.45, 2.75) is 25.7 Å². The minimum absolute atomic E-state index is 0. The van der Waals surface area contributed by atoms with E-state index >= 15 is 0 Å². The largest absolute Gasteiger partial charge is 0.385 e. The molecule has 27 heavy (non-hydrogen) atoms. The van der Waals surface area contributed by atoms with Crippen LogP contribution in [0.15, 0.2) is 42.5 Å². The molecule has 0 saturated carbocycles. The van der Waals surface area contributed by atoms with Crippen molar-refractivity contribution < 1.29 is 4.39 Å². The fourth-order valence-electron chi connectivity index (χ4n) is 3.51. The summed E-state index contributed by atoms with van der Waals surface area (Å²) in [5, 5.41) is 4.57. The lowest BCUT2D eigenvalue weighted by Gasteiger charge is -2.32.